The number of hydrogen-bond acceptors (Lipinski definition) is 4. The molecular weight excluding hydrogens is 364 g/mol. The average molecular weight is 389 g/mol. The van der Waals surface area contributed by atoms with Crippen LogP contribution in [0.1, 0.15) is 49.4 Å². The van der Waals surface area contributed by atoms with Crippen LogP contribution in [0, 0.1) is 0 Å². The molecule has 144 valence electrons. The molecule has 1 aromatic carbocycles. The molecule has 1 amide bonds. The fraction of sp³-hybridized carbons (Fsp3) is 0.550. The molecule has 6 nitrogen and oxygen atoms in total. The highest BCUT2D eigenvalue weighted by molar-refractivity contribution is 6.30. The lowest BCUT2D eigenvalue weighted by Crippen LogP contribution is -2.44. The van der Waals surface area contributed by atoms with Crippen LogP contribution in [0.2, 0.25) is 5.02 Å². The van der Waals surface area contributed by atoms with Crippen LogP contribution in [-0.4, -0.2) is 46.0 Å². The van der Waals surface area contributed by atoms with Gasteiger partial charge in [-0.05, 0) is 37.0 Å². The molecule has 1 aliphatic heterocycles. The third-order valence-corrected chi connectivity index (χ3v) is 6.19. The van der Waals surface area contributed by atoms with Crippen LogP contribution in [0.4, 0.5) is 0 Å². The van der Waals surface area contributed by atoms with E-state index in [2.05, 4.69) is 10.3 Å². The van der Waals surface area contributed by atoms with Gasteiger partial charge in [0.05, 0.1) is 24.3 Å². The Morgan fingerprint density at radius 1 is 1.30 bits per heavy atom. The van der Waals surface area contributed by atoms with Crippen molar-refractivity contribution < 1.29 is 9.53 Å². The highest BCUT2D eigenvalue weighted by Crippen LogP contribution is 2.43. The lowest BCUT2D eigenvalue weighted by Gasteiger charge is -2.33. The summed E-state index contributed by atoms with van der Waals surface area (Å²) in [4.78, 5) is 15.6. The van der Waals surface area contributed by atoms with E-state index in [-0.39, 0.29) is 11.9 Å². The lowest BCUT2D eigenvalue weighted by atomic mass is 9.77. The zero-order chi connectivity index (χ0) is 18.9. The fourth-order valence-corrected chi connectivity index (χ4v) is 4.65. The Bertz CT molecular complexity index is 799. The number of halogens is 1. The maximum absolute atomic E-state index is 13.6. The van der Waals surface area contributed by atoms with Crippen molar-refractivity contribution in [3.8, 4) is 0 Å². The Labute approximate surface area is 164 Å². The first-order valence-corrected chi connectivity index (χ1v) is 9.95. The Hall–Kier alpha value is -1.92. The number of carbonyl (C=O) groups excluding carboxylic acids is 1. The first kappa shape index (κ1) is 18.4. The number of benzene rings is 1. The number of nitrogens with zero attached hydrogens (tertiary/aromatic N) is 4. The van der Waals surface area contributed by atoms with E-state index in [4.69, 9.17) is 16.3 Å². The number of hydrogen-bond donors (Lipinski definition) is 0. The van der Waals surface area contributed by atoms with Crippen molar-refractivity contribution >= 4 is 17.5 Å². The molecular formula is C20H25ClN4O2. The second-order valence-electron chi connectivity index (χ2n) is 7.61. The van der Waals surface area contributed by atoms with Crippen molar-refractivity contribution in [2.24, 2.45) is 0 Å². The summed E-state index contributed by atoms with van der Waals surface area (Å²) in [6.07, 6.45) is 6.83. The van der Waals surface area contributed by atoms with Crippen molar-refractivity contribution in [2.45, 2.75) is 50.2 Å². The maximum Gasteiger partial charge on any atom is 0.233 e. The number of carbonyl (C=O) groups is 1. The molecule has 1 unspecified atom stereocenters. The topological polar surface area (TPSA) is 60.2 Å². The van der Waals surface area contributed by atoms with Crippen LogP contribution >= 0.6 is 11.6 Å². The number of methoxy groups -OCH3 is 1. The Kier molecular flexibility index (Phi) is 5.19. The molecule has 0 radical (unpaired) electrons. The van der Waals surface area contributed by atoms with Gasteiger partial charge in [0.1, 0.15) is 5.69 Å². The van der Waals surface area contributed by atoms with Gasteiger partial charge in [0.25, 0.3) is 0 Å². The summed E-state index contributed by atoms with van der Waals surface area (Å²) in [6, 6.07) is 8.00. The second-order valence-corrected chi connectivity index (χ2v) is 8.05. The number of rotatable bonds is 5. The van der Waals surface area contributed by atoms with Crippen molar-refractivity contribution in [1.29, 1.82) is 0 Å². The molecule has 2 aliphatic rings. The van der Waals surface area contributed by atoms with Gasteiger partial charge in [-0.3, -0.25) is 4.79 Å². The van der Waals surface area contributed by atoms with E-state index in [1.807, 2.05) is 40.0 Å². The number of aromatic nitrogens is 3. The van der Waals surface area contributed by atoms with Gasteiger partial charge in [0.2, 0.25) is 5.91 Å². The van der Waals surface area contributed by atoms with Crippen LogP contribution < -0.4 is 0 Å². The average Bonchev–Trinajstić information content (AvgIpc) is 3.42. The predicted octanol–water partition coefficient (Wildman–Crippen LogP) is 3.36. The van der Waals surface area contributed by atoms with Crippen LogP contribution in [0.15, 0.2) is 30.5 Å². The van der Waals surface area contributed by atoms with Crippen LogP contribution in [-0.2, 0) is 21.6 Å². The van der Waals surface area contributed by atoms with Gasteiger partial charge in [-0.1, -0.05) is 41.8 Å². The first-order valence-electron chi connectivity index (χ1n) is 9.57. The molecule has 27 heavy (non-hydrogen) atoms. The van der Waals surface area contributed by atoms with E-state index >= 15 is 0 Å². The van der Waals surface area contributed by atoms with Gasteiger partial charge in [0.15, 0.2) is 0 Å². The van der Waals surface area contributed by atoms with E-state index in [1.165, 1.54) is 0 Å². The van der Waals surface area contributed by atoms with Gasteiger partial charge in [-0.15, -0.1) is 5.10 Å². The van der Waals surface area contributed by atoms with Crippen LogP contribution in [0.5, 0.6) is 0 Å². The minimum atomic E-state index is -0.400. The van der Waals surface area contributed by atoms with Crippen molar-refractivity contribution in [3.63, 3.8) is 0 Å². The smallest absolute Gasteiger partial charge is 0.233 e. The Balaban J connectivity index is 1.52. The lowest BCUT2D eigenvalue weighted by molar-refractivity contribution is -0.136. The summed E-state index contributed by atoms with van der Waals surface area (Å²) >= 11 is 6.06. The second kappa shape index (κ2) is 7.60. The first-order chi connectivity index (χ1) is 13.1. The van der Waals surface area contributed by atoms with E-state index in [0.29, 0.717) is 18.2 Å². The van der Waals surface area contributed by atoms with E-state index in [0.717, 1.165) is 49.9 Å². The molecule has 4 rings (SSSR count). The molecule has 1 saturated carbocycles. The molecule has 1 atom stereocenters. The molecule has 7 heteroatoms. The van der Waals surface area contributed by atoms with E-state index in [1.54, 1.807) is 7.11 Å². The number of amides is 1. The fourth-order valence-electron chi connectivity index (χ4n) is 4.52. The minimum absolute atomic E-state index is 0.177. The largest absolute Gasteiger partial charge is 0.378 e. The molecule has 1 saturated heterocycles. The summed E-state index contributed by atoms with van der Waals surface area (Å²) in [6.45, 7) is 1.90. The van der Waals surface area contributed by atoms with Crippen LogP contribution in [0.25, 0.3) is 0 Å². The number of likely N-dealkylation sites (tertiary alicyclic amines) is 1. The molecule has 0 spiro atoms. The van der Waals surface area contributed by atoms with E-state index in [9.17, 15) is 4.79 Å². The molecule has 0 bridgehead atoms. The molecule has 1 aromatic heterocycles. The van der Waals surface area contributed by atoms with Crippen LogP contribution in [0.3, 0.4) is 0 Å². The zero-order valence-corrected chi connectivity index (χ0v) is 16.4. The summed E-state index contributed by atoms with van der Waals surface area (Å²) in [5, 5.41) is 9.07. The summed E-state index contributed by atoms with van der Waals surface area (Å²) in [7, 11) is 1.65. The van der Waals surface area contributed by atoms with Gasteiger partial charge < -0.3 is 9.64 Å². The van der Waals surface area contributed by atoms with E-state index < -0.39 is 5.41 Å². The highest BCUT2D eigenvalue weighted by atomic mass is 35.5. The normalized spacial score (nSPS) is 21.7. The van der Waals surface area contributed by atoms with Crippen molar-refractivity contribution in [1.82, 2.24) is 19.9 Å². The Morgan fingerprint density at radius 3 is 2.74 bits per heavy atom. The third-order valence-electron chi connectivity index (χ3n) is 5.94. The summed E-state index contributed by atoms with van der Waals surface area (Å²) in [5.41, 5.74) is 1.51. The zero-order valence-electron chi connectivity index (χ0n) is 15.6. The predicted molar refractivity (Wildman–Crippen MR) is 103 cm³/mol. The van der Waals surface area contributed by atoms with Gasteiger partial charge in [0, 0.05) is 25.2 Å². The summed E-state index contributed by atoms with van der Waals surface area (Å²) < 4.78 is 6.99. The standard InChI is InChI=1S/C20H25ClN4O2/c1-27-14-17-12-25(23-22-17)18-8-11-24(13-18)19(26)20(9-2-3-10-20)15-4-6-16(21)7-5-15/h4-7,12,18H,2-3,8-11,13-14H2,1H3. The van der Waals surface area contributed by atoms with Gasteiger partial charge in [-0.25, -0.2) is 4.68 Å². The van der Waals surface area contributed by atoms with Crippen molar-refractivity contribution in [2.75, 3.05) is 20.2 Å². The molecule has 1 aliphatic carbocycles. The monoisotopic (exact) mass is 388 g/mol. The number of ether oxygens (including phenoxy) is 1. The summed E-state index contributed by atoms with van der Waals surface area (Å²) in [5.74, 6) is 0.252. The molecule has 2 heterocycles. The van der Waals surface area contributed by atoms with Crippen molar-refractivity contribution in [3.05, 3.63) is 46.7 Å². The molecule has 2 aromatic rings. The SMILES string of the molecule is COCc1cn(C2CCN(C(=O)C3(c4ccc(Cl)cc4)CCCC3)C2)nn1. The maximum atomic E-state index is 13.6. The minimum Gasteiger partial charge on any atom is -0.378 e. The quantitative estimate of drug-likeness (QED) is 0.787. The Morgan fingerprint density at radius 2 is 2.04 bits per heavy atom. The molecule has 0 N–H and O–H groups in total. The van der Waals surface area contributed by atoms with Gasteiger partial charge in [-0.2, -0.15) is 0 Å². The highest BCUT2D eigenvalue weighted by Gasteiger charge is 2.46. The third kappa shape index (κ3) is 3.48. The molecule has 2 fully saturated rings. The van der Waals surface area contributed by atoms with Gasteiger partial charge >= 0.3 is 0 Å².